The quantitative estimate of drug-likeness (QED) is 0.548. The minimum atomic E-state index is -0.385. The number of carbonyl (C=O) groups excluding carboxylic acids is 1. The number of carbonyl (C=O) groups is 1. The lowest BCUT2D eigenvalue weighted by Crippen LogP contribution is -2.26. The molecular formula is C23H23N3O3. The molecule has 0 saturated heterocycles. The molecule has 0 bridgehead atoms. The number of unbranched alkanes of at least 4 members (excludes halogenated alkanes) is 1. The zero-order chi connectivity index (χ0) is 20.6. The van der Waals surface area contributed by atoms with Crippen molar-refractivity contribution < 1.29 is 9.53 Å². The fraction of sp³-hybridized carbons (Fsp3) is 0.304. The molecule has 6 heteroatoms. The first-order valence-corrected chi connectivity index (χ1v) is 9.75. The molecule has 0 spiro atoms. The van der Waals surface area contributed by atoms with Crippen molar-refractivity contribution in [2.24, 2.45) is 0 Å². The molecule has 0 radical (unpaired) electrons. The first-order valence-electron chi connectivity index (χ1n) is 9.75. The Labute approximate surface area is 169 Å². The summed E-state index contributed by atoms with van der Waals surface area (Å²) in [5, 5.41) is 8.81. The number of rotatable bonds is 8. The van der Waals surface area contributed by atoms with Crippen molar-refractivity contribution in [2.75, 3.05) is 0 Å². The molecule has 29 heavy (non-hydrogen) atoms. The normalized spacial score (nSPS) is 10.6. The molecule has 0 unspecified atom stereocenters. The Morgan fingerprint density at radius 1 is 1.17 bits per heavy atom. The molecule has 0 amide bonds. The summed E-state index contributed by atoms with van der Waals surface area (Å²) in [6.07, 6.45) is 2.21. The zero-order valence-corrected chi connectivity index (χ0v) is 16.4. The molecular weight excluding hydrogens is 366 g/mol. The summed E-state index contributed by atoms with van der Waals surface area (Å²) < 4.78 is 7.04. The number of aryl methyl sites for hydroxylation is 2. The van der Waals surface area contributed by atoms with Crippen LogP contribution in [0.15, 0.2) is 53.3 Å². The van der Waals surface area contributed by atoms with Crippen LogP contribution in [0.25, 0.3) is 11.0 Å². The molecule has 0 aliphatic carbocycles. The Morgan fingerprint density at radius 3 is 2.66 bits per heavy atom. The third-order valence-corrected chi connectivity index (χ3v) is 4.70. The van der Waals surface area contributed by atoms with Gasteiger partial charge in [-0.3, -0.25) is 9.59 Å². The average molecular weight is 389 g/mol. The van der Waals surface area contributed by atoms with Crippen molar-refractivity contribution in [3.05, 3.63) is 75.7 Å². The monoisotopic (exact) mass is 389 g/mol. The van der Waals surface area contributed by atoms with Gasteiger partial charge in [0.25, 0.3) is 5.56 Å². The van der Waals surface area contributed by atoms with Gasteiger partial charge in [-0.25, -0.2) is 4.98 Å². The Kier molecular flexibility index (Phi) is 6.75. The van der Waals surface area contributed by atoms with Crippen LogP contribution in [0, 0.1) is 11.3 Å². The Hall–Kier alpha value is -3.46. The van der Waals surface area contributed by atoms with Gasteiger partial charge in [0, 0.05) is 13.0 Å². The molecule has 2 aromatic carbocycles. The lowest BCUT2D eigenvalue weighted by atomic mass is 10.1. The topological polar surface area (TPSA) is 85.0 Å². The van der Waals surface area contributed by atoms with Crippen LogP contribution in [0.2, 0.25) is 0 Å². The van der Waals surface area contributed by atoms with Crippen LogP contribution < -0.4 is 5.56 Å². The highest BCUT2D eigenvalue weighted by Gasteiger charge is 2.13. The minimum absolute atomic E-state index is 0.0879. The lowest BCUT2D eigenvalue weighted by molar-refractivity contribution is -0.144. The van der Waals surface area contributed by atoms with Gasteiger partial charge >= 0.3 is 5.97 Å². The number of para-hydroxylation sites is 2. The van der Waals surface area contributed by atoms with Crippen molar-refractivity contribution >= 4 is 17.0 Å². The van der Waals surface area contributed by atoms with Crippen LogP contribution in [-0.4, -0.2) is 15.5 Å². The fourth-order valence-corrected chi connectivity index (χ4v) is 3.08. The van der Waals surface area contributed by atoms with Gasteiger partial charge in [-0.05, 0) is 36.2 Å². The largest absolute Gasteiger partial charge is 0.461 e. The second-order valence-electron chi connectivity index (χ2n) is 6.83. The first-order chi connectivity index (χ1) is 14.1. The van der Waals surface area contributed by atoms with E-state index in [1.165, 1.54) is 0 Å². The van der Waals surface area contributed by atoms with E-state index in [9.17, 15) is 9.59 Å². The summed E-state index contributed by atoms with van der Waals surface area (Å²) in [5.74, 6) is -0.385. The highest BCUT2D eigenvalue weighted by molar-refractivity contribution is 5.75. The molecule has 0 saturated carbocycles. The molecule has 0 aliphatic heterocycles. The van der Waals surface area contributed by atoms with E-state index in [2.05, 4.69) is 11.9 Å². The highest BCUT2D eigenvalue weighted by atomic mass is 16.5. The number of benzene rings is 2. The maximum Gasteiger partial charge on any atom is 0.306 e. The van der Waals surface area contributed by atoms with Gasteiger partial charge in [0.2, 0.25) is 0 Å². The van der Waals surface area contributed by atoms with Gasteiger partial charge in [-0.15, -0.1) is 0 Å². The molecule has 0 fully saturated rings. The van der Waals surface area contributed by atoms with E-state index in [-0.39, 0.29) is 31.0 Å². The van der Waals surface area contributed by atoms with Crippen molar-refractivity contribution in [2.45, 2.75) is 45.8 Å². The van der Waals surface area contributed by atoms with Crippen LogP contribution in [0.3, 0.4) is 0 Å². The smallest absolute Gasteiger partial charge is 0.306 e. The summed E-state index contributed by atoms with van der Waals surface area (Å²) in [6, 6.07) is 16.5. The highest BCUT2D eigenvalue weighted by Crippen LogP contribution is 2.12. The molecule has 0 aliphatic rings. The third-order valence-electron chi connectivity index (χ3n) is 4.70. The number of fused-ring (bicyclic) bond motifs is 1. The van der Waals surface area contributed by atoms with Crippen molar-refractivity contribution in [3.63, 3.8) is 0 Å². The van der Waals surface area contributed by atoms with Crippen LogP contribution in [0.1, 0.15) is 43.0 Å². The van der Waals surface area contributed by atoms with Gasteiger partial charge in [-0.1, -0.05) is 37.6 Å². The van der Waals surface area contributed by atoms with Gasteiger partial charge in [0.15, 0.2) is 0 Å². The van der Waals surface area contributed by atoms with E-state index in [0.29, 0.717) is 17.8 Å². The molecule has 3 rings (SSSR count). The second kappa shape index (κ2) is 9.65. The van der Waals surface area contributed by atoms with E-state index in [4.69, 9.17) is 10.00 Å². The summed E-state index contributed by atoms with van der Waals surface area (Å²) in [6.45, 7) is 2.85. The predicted octanol–water partition coefficient (Wildman–Crippen LogP) is 3.74. The number of aromatic nitrogens is 2. The number of nitrogens with zero attached hydrogens (tertiary/aromatic N) is 3. The Morgan fingerprint density at radius 2 is 1.93 bits per heavy atom. The van der Waals surface area contributed by atoms with Crippen molar-refractivity contribution in [3.8, 4) is 6.07 Å². The van der Waals surface area contributed by atoms with E-state index in [1.807, 2.05) is 30.3 Å². The van der Waals surface area contributed by atoms with Crippen LogP contribution in [0.4, 0.5) is 0 Å². The number of ether oxygens (including phenoxy) is 1. The Balaban J connectivity index is 1.67. The molecule has 0 N–H and O–H groups in total. The number of hydrogen-bond acceptors (Lipinski definition) is 5. The molecule has 148 valence electrons. The third kappa shape index (κ3) is 5.08. The number of hydrogen-bond donors (Lipinski definition) is 0. The fourth-order valence-electron chi connectivity index (χ4n) is 3.08. The molecule has 6 nitrogen and oxygen atoms in total. The zero-order valence-electron chi connectivity index (χ0n) is 16.4. The maximum absolute atomic E-state index is 12.9. The summed E-state index contributed by atoms with van der Waals surface area (Å²) >= 11 is 0. The number of nitriles is 1. The van der Waals surface area contributed by atoms with E-state index in [1.54, 1.807) is 28.8 Å². The molecule has 3 aromatic rings. The second-order valence-corrected chi connectivity index (χ2v) is 6.83. The van der Waals surface area contributed by atoms with Gasteiger partial charge in [0.1, 0.15) is 12.3 Å². The van der Waals surface area contributed by atoms with Gasteiger partial charge in [-0.2, -0.15) is 5.26 Å². The lowest BCUT2D eigenvalue weighted by Gasteiger charge is -2.12. The van der Waals surface area contributed by atoms with Crippen molar-refractivity contribution in [1.29, 1.82) is 5.26 Å². The molecule has 0 atom stereocenters. The van der Waals surface area contributed by atoms with Crippen LogP contribution in [0.5, 0.6) is 0 Å². The first kappa shape index (κ1) is 20.3. The summed E-state index contributed by atoms with van der Waals surface area (Å²) in [4.78, 5) is 29.5. The summed E-state index contributed by atoms with van der Waals surface area (Å²) in [7, 11) is 0. The minimum Gasteiger partial charge on any atom is -0.461 e. The van der Waals surface area contributed by atoms with E-state index >= 15 is 0 Å². The molecule has 1 heterocycles. The van der Waals surface area contributed by atoms with Crippen LogP contribution >= 0.6 is 0 Å². The standard InChI is InChI=1S/C23H23N3O3/c1-2-3-14-26-21-7-5-4-6-19(21)25-20(23(26)28)12-13-22(27)29-16-18-10-8-17(15-24)9-11-18/h4-11H,2-3,12-14,16H2,1H3. The summed E-state index contributed by atoms with van der Waals surface area (Å²) in [5.41, 5.74) is 3.18. The number of esters is 1. The van der Waals surface area contributed by atoms with Crippen molar-refractivity contribution in [1.82, 2.24) is 9.55 Å². The Bertz CT molecular complexity index is 1100. The SMILES string of the molecule is CCCCn1c(=O)c(CCC(=O)OCc2ccc(C#N)cc2)nc2ccccc21. The van der Waals surface area contributed by atoms with E-state index in [0.717, 1.165) is 29.4 Å². The van der Waals surface area contributed by atoms with Gasteiger partial charge in [0.05, 0.1) is 29.1 Å². The average Bonchev–Trinajstić information content (AvgIpc) is 2.76. The maximum atomic E-state index is 12.9. The molecule has 1 aromatic heterocycles. The van der Waals surface area contributed by atoms with Gasteiger partial charge < -0.3 is 9.30 Å². The predicted molar refractivity (Wildman–Crippen MR) is 110 cm³/mol. The van der Waals surface area contributed by atoms with Crippen LogP contribution in [-0.2, 0) is 29.1 Å². The van der Waals surface area contributed by atoms with E-state index < -0.39 is 0 Å².